The van der Waals surface area contributed by atoms with Crippen LogP contribution in [0.4, 0.5) is 5.69 Å². The maximum Gasteiger partial charge on any atom is 0.242 e. The van der Waals surface area contributed by atoms with E-state index >= 15 is 0 Å². The van der Waals surface area contributed by atoms with E-state index in [0.717, 1.165) is 63.3 Å². The van der Waals surface area contributed by atoms with Crippen LogP contribution in [0, 0.1) is 11.8 Å². The van der Waals surface area contributed by atoms with Crippen LogP contribution in [0.5, 0.6) is 5.75 Å². The van der Waals surface area contributed by atoms with Gasteiger partial charge in [0.05, 0.1) is 13.2 Å². The number of carbonyl (C=O) groups is 2. The van der Waals surface area contributed by atoms with Crippen molar-refractivity contribution in [1.82, 2.24) is 9.80 Å². The third-order valence-corrected chi connectivity index (χ3v) is 6.42. The molecule has 1 N–H and O–H groups in total. The van der Waals surface area contributed by atoms with E-state index in [1.165, 1.54) is 12.8 Å². The molecule has 1 saturated heterocycles. The lowest BCUT2D eigenvalue weighted by molar-refractivity contribution is -0.135. The number of methoxy groups -OCH3 is 1. The highest BCUT2D eigenvalue weighted by Crippen LogP contribution is 2.33. The summed E-state index contributed by atoms with van der Waals surface area (Å²) in [5.41, 5.74) is 0.802. The van der Waals surface area contributed by atoms with Gasteiger partial charge in [0.2, 0.25) is 11.8 Å². The summed E-state index contributed by atoms with van der Waals surface area (Å²) in [7, 11) is 1.64. The maximum absolute atomic E-state index is 13.2. The molecule has 2 aliphatic carbocycles. The maximum atomic E-state index is 13.2. The van der Waals surface area contributed by atoms with E-state index in [0.29, 0.717) is 11.8 Å². The van der Waals surface area contributed by atoms with E-state index in [9.17, 15) is 9.59 Å². The molecule has 0 radical (unpaired) electrons. The molecule has 0 bridgehead atoms. The van der Waals surface area contributed by atoms with E-state index in [1.54, 1.807) is 7.11 Å². The Bertz CT molecular complexity index is 687. The minimum absolute atomic E-state index is 0.0824. The van der Waals surface area contributed by atoms with Crippen molar-refractivity contribution >= 4 is 17.5 Å². The van der Waals surface area contributed by atoms with Crippen molar-refractivity contribution in [1.29, 1.82) is 0 Å². The Morgan fingerprint density at radius 1 is 1.00 bits per heavy atom. The van der Waals surface area contributed by atoms with Gasteiger partial charge in [0.15, 0.2) is 0 Å². The van der Waals surface area contributed by atoms with Gasteiger partial charge in [-0.1, -0.05) is 12.8 Å². The number of ether oxygens (including phenoxy) is 1. The molecule has 28 heavy (non-hydrogen) atoms. The third kappa shape index (κ3) is 4.32. The molecular formula is C22H31N3O3. The molecular weight excluding hydrogens is 354 g/mol. The van der Waals surface area contributed by atoms with Crippen molar-refractivity contribution < 1.29 is 14.3 Å². The Balaban J connectivity index is 1.41. The Labute approximate surface area is 167 Å². The Kier molecular flexibility index (Phi) is 5.85. The van der Waals surface area contributed by atoms with Crippen molar-refractivity contribution in [2.45, 2.75) is 44.6 Å². The first-order valence-electron chi connectivity index (χ1n) is 10.6. The highest BCUT2D eigenvalue weighted by atomic mass is 16.5. The Hall–Kier alpha value is -2.08. The van der Waals surface area contributed by atoms with Crippen LogP contribution in [-0.4, -0.2) is 60.9 Å². The van der Waals surface area contributed by atoms with E-state index < -0.39 is 0 Å². The molecule has 3 aliphatic rings. The lowest BCUT2D eigenvalue weighted by Gasteiger charge is -2.40. The number of hydrogen-bond acceptors (Lipinski definition) is 4. The molecule has 1 unspecified atom stereocenters. The number of amides is 2. The molecule has 1 atom stereocenters. The molecule has 1 aromatic rings. The molecule has 2 saturated carbocycles. The highest BCUT2D eigenvalue weighted by Gasteiger charge is 2.39. The summed E-state index contributed by atoms with van der Waals surface area (Å²) >= 11 is 0. The van der Waals surface area contributed by atoms with Crippen LogP contribution >= 0.6 is 0 Å². The summed E-state index contributed by atoms with van der Waals surface area (Å²) in [5, 5.41) is 3.11. The van der Waals surface area contributed by atoms with Gasteiger partial charge in [0.25, 0.3) is 0 Å². The number of carbonyl (C=O) groups excluding carboxylic acids is 2. The second-order valence-corrected chi connectivity index (χ2v) is 8.34. The van der Waals surface area contributed by atoms with Crippen LogP contribution in [0.2, 0.25) is 0 Å². The van der Waals surface area contributed by atoms with Gasteiger partial charge in [-0.2, -0.15) is 0 Å². The summed E-state index contributed by atoms with van der Waals surface area (Å²) in [6, 6.07) is 7.39. The van der Waals surface area contributed by atoms with Crippen molar-refractivity contribution in [3.63, 3.8) is 0 Å². The van der Waals surface area contributed by atoms with Crippen LogP contribution < -0.4 is 10.1 Å². The van der Waals surface area contributed by atoms with E-state index in [2.05, 4.69) is 10.2 Å². The zero-order chi connectivity index (χ0) is 19.5. The SMILES string of the molecule is COc1ccc(NC(=O)C(C2CCCC2)N2CCN(C(=O)C3CC3)CC2)cc1. The second kappa shape index (κ2) is 8.52. The molecule has 1 heterocycles. The first-order valence-corrected chi connectivity index (χ1v) is 10.6. The molecule has 6 heteroatoms. The van der Waals surface area contributed by atoms with Gasteiger partial charge in [0.1, 0.15) is 5.75 Å². The summed E-state index contributed by atoms with van der Waals surface area (Å²) in [6.07, 6.45) is 6.74. The molecule has 1 aliphatic heterocycles. The summed E-state index contributed by atoms with van der Waals surface area (Å²) in [4.78, 5) is 29.9. The average Bonchev–Trinajstić information content (AvgIpc) is 3.45. The molecule has 4 rings (SSSR count). The first-order chi connectivity index (χ1) is 13.7. The molecule has 3 fully saturated rings. The van der Waals surface area contributed by atoms with E-state index in [4.69, 9.17) is 4.74 Å². The summed E-state index contributed by atoms with van der Waals surface area (Å²) < 4.78 is 5.20. The lowest BCUT2D eigenvalue weighted by atomic mass is 9.94. The zero-order valence-electron chi connectivity index (χ0n) is 16.7. The number of hydrogen-bond donors (Lipinski definition) is 1. The molecule has 0 aromatic heterocycles. The topological polar surface area (TPSA) is 61.9 Å². The largest absolute Gasteiger partial charge is 0.497 e. The standard InChI is InChI=1S/C22H31N3O3/c1-28-19-10-8-18(9-11-19)23-21(26)20(16-4-2-3-5-16)24-12-14-25(15-13-24)22(27)17-6-7-17/h8-11,16-17,20H,2-7,12-15H2,1H3,(H,23,26). The number of nitrogens with zero attached hydrogens (tertiary/aromatic N) is 2. The normalized spacial score (nSPS) is 22.1. The van der Waals surface area contributed by atoms with Gasteiger partial charge < -0.3 is 15.0 Å². The van der Waals surface area contributed by atoms with Crippen LogP contribution in [0.1, 0.15) is 38.5 Å². The van der Waals surface area contributed by atoms with Crippen molar-refractivity contribution in [2.75, 3.05) is 38.6 Å². The van der Waals surface area contributed by atoms with Crippen molar-refractivity contribution in [3.05, 3.63) is 24.3 Å². The van der Waals surface area contributed by atoms with Crippen LogP contribution in [0.3, 0.4) is 0 Å². The fourth-order valence-corrected chi connectivity index (χ4v) is 4.65. The number of rotatable bonds is 6. The minimum Gasteiger partial charge on any atom is -0.497 e. The van der Waals surface area contributed by atoms with Gasteiger partial charge >= 0.3 is 0 Å². The number of piperazine rings is 1. The number of nitrogens with one attached hydrogen (secondary N) is 1. The predicted octanol–water partition coefficient (Wildman–Crippen LogP) is 2.75. The smallest absolute Gasteiger partial charge is 0.242 e. The van der Waals surface area contributed by atoms with Gasteiger partial charge in [-0.05, 0) is 55.9 Å². The van der Waals surface area contributed by atoms with Crippen LogP contribution in [-0.2, 0) is 9.59 Å². The number of benzene rings is 1. The lowest BCUT2D eigenvalue weighted by Crippen LogP contribution is -2.57. The summed E-state index contributed by atoms with van der Waals surface area (Å²) in [6.45, 7) is 3.06. The molecule has 2 amide bonds. The molecule has 1 aromatic carbocycles. The fraction of sp³-hybridized carbons (Fsp3) is 0.636. The first kappa shape index (κ1) is 19.2. The van der Waals surface area contributed by atoms with E-state index in [1.807, 2.05) is 29.2 Å². The van der Waals surface area contributed by atoms with Gasteiger partial charge in [-0.3, -0.25) is 14.5 Å². The number of anilines is 1. The van der Waals surface area contributed by atoms with Crippen LogP contribution in [0.25, 0.3) is 0 Å². The zero-order valence-corrected chi connectivity index (χ0v) is 16.7. The monoisotopic (exact) mass is 385 g/mol. The summed E-state index contributed by atoms with van der Waals surface area (Å²) in [5.74, 6) is 1.86. The second-order valence-electron chi connectivity index (χ2n) is 8.34. The highest BCUT2D eigenvalue weighted by molar-refractivity contribution is 5.95. The molecule has 0 spiro atoms. The van der Waals surface area contributed by atoms with Crippen molar-refractivity contribution in [2.24, 2.45) is 11.8 Å². The minimum atomic E-state index is -0.109. The van der Waals surface area contributed by atoms with Gasteiger partial charge in [-0.25, -0.2) is 0 Å². The quantitative estimate of drug-likeness (QED) is 0.818. The predicted molar refractivity (Wildman–Crippen MR) is 108 cm³/mol. The fourth-order valence-electron chi connectivity index (χ4n) is 4.65. The van der Waals surface area contributed by atoms with Gasteiger partial charge in [0, 0.05) is 37.8 Å². The Morgan fingerprint density at radius 2 is 1.64 bits per heavy atom. The van der Waals surface area contributed by atoms with Gasteiger partial charge in [-0.15, -0.1) is 0 Å². The molecule has 6 nitrogen and oxygen atoms in total. The Morgan fingerprint density at radius 3 is 2.21 bits per heavy atom. The molecule has 152 valence electrons. The van der Waals surface area contributed by atoms with Crippen molar-refractivity contribution in [3.8, 4) is 5.75 Å². The van der Waals surface area contributed by atoms with E-state index in [-0.39, 0.29) is 17.9 Å². The third-order valence-electron chi connectivity index (χ3n) is 6.42. The van der Waals surface area contributed by atoms with Crippen LogP contribution in [0.15, 0.2) is 24.3 Å². The average molecular weight is 386 g/mol.